The lowest BCUT2D eigenvalue weighted by atomic mass is 9.91. The summed E-state index contributed by atoms with van der Waals surface area (Å²) in [5.41, 5.74) is 6.77. The molecule has 0 N–H and O–H groups in total. The minimum Gasteiger partial charge on any atom is -0.354 e. The number of hydrogen-bond acceptors (Lipinski definition) is 5. The third-order valence-electron chi connectivity index (χ3n) is 7.25. The van der Waals surface area contributed by atoms with Crippen molar-refractivity contribution in [2.75, 3.05) is 37.6 Å². The van der Waals surface area contributed by atoms with Crippen LogP contribution in [0.15, 0.2) is 24.5 Å². The van der Waals surface area contributed by atoms with Gasteiger partial charge in [0.05, 0.1) is 5.69 Å². The number of hydrogen-bond donors (Lipinski definition) is 0. The van der Waals surface area contributed by atoms with Gasteiger partial charge in [0.15, 0.2) is 0 Å². The highest BCUT2D eigenvalue weighted by Gasteiger charge is 2.30. The molecule has 5 heteroatoms. The first-order chi connectivity index (χ1) is 14.2. The number of nitrogens with zero attached hydrogens (tertiary/aromatic N) is 5. The van der Waals surface area contributed by atoms with E-state index in [0.29, 0.717) is 0 Å². The van der Waals surface area contributed by atoms with Crippen LogP contribution < -0.4 is 4.90 Å². The Morgan fingerprint density at radius 1 is 0.966 bits per heavy atom. The van der Waals surface area contributed by atoms with E-state index in [1.54, 1.807) is 6.33 Å². The third-order valence-corrected chi connectivity index (χ3v) is 7.25. The van der Waals surface area contributed by atoms with Crippen molar-refractivity contribution in [1.82, 2.24) is 19.8 Å². The van der Waals surface area contributed by atoms with E-state index in [-0.39, 0.29) is 0 Å². The maximum atomic E-state index is 4.73. The van der Waals surface area contributed by atoms with Crippen LogP contribution in [-0.2, 0) is 19.5 Å². The van der Waals surface area contributed by atoms with Crippen LogP contribution in [0.2, 0.25) is 0 Å². The lowest BCUT2D eigenvalue weighted by molar-refractivity contribution is 0.120. The minimum atomic E-state index is 0.857. The van der Waals surface area contributed by atoms with E-state index in [9.17, 15) is 0 Å². The van der Waals surface area contributed by atoms with Crippen molar-refractivity contribution in [3.8, 4) is 0 Å². The summed E-state index contributed by atoms with van der Waals surface area (Å²) in [6.07, 6.45) is 7.06. The van der Waals surface area contributed by atoms with Crippen molar-refractivity contribution in [1.29, 1.82) is 0 Å². The summed E-state index contributed by atoms with van der Waals surface area (Å²) in [4.78, 5) is 17.1. The second-order valence-electron chi connectivity index (χ2n) is 9.11. The zero-order valence-electron chi connectivity index (χ0n) is 17.9. The Hall–Kier alpha value is -1.98. The smallest absolute Gasteiger partial charge is 0.135 e. The Morgan fingerprint density at radius 3 is 2.52 bits per heavy atom. The topological polar surface area (TPSA) is 35.5 Å². The molecule has 154 valence electrons. The second-order valence-corrected chi connectivity index (χ2v) is 9.11. The number of aryl methyl sites for hydroxylation is 2. The highest BCUT2D eigenvalue weighted by atomic mass is 15.3. The molecule has 1 aliphatic carbocycles. The molecular formula is C24H33N5. The summed E-state index contributed by atoms with van der Waals surface area (Å²) in [5.74, 6) is 1.20. The molecule has 1 aromatic carbocycles. The molecule has 0 amide bonds. The van der Waals surface area contributed by atoms with E-state index in [2.05, 4.69) is 51.7 Å². The fourth-order valence-electron chi connectivity index (χ4n) is 5.01. The third kappa shape index (κ3) is 3.90. The Kier molecular flexibility index (Phi) is 5.27. The molecule has 0 atom stereocenters. The highest BCUT2D eigenvalue weighted by Crippen LogP contribution is 2.29. The Balaban J connectivity index is 1.26. The standard InChI is InChI=1S/C24H33N5/c1-18-6-7-20(14-19(18)2)15-27-9-8-22-23(16-27)25-17-26-24(22)29-12-10-28(11-13-29)21-4-3-5-21/h6-7,14,17,21H,3-5,8-13,15-16H2,1-2H3. The van der Waals surface area contributed by atoms with Crippen molar-refractivity contribution in [2.24, 2.45) is 0 Å². The number of anilines is 1. The van der Waals surface area contributed by atoms with Crippen molar-refractivity contribution >= 4 is 5.82 Å². The molecule has 0 spiro atoms. The molecule has 5 nitrogen and oxygen atoms in total. The van der Waals surface area contributed by atoms with Crippen LogP contribution in [0.4, 0.5) is 5.82 Å². The van der Waals surface area contributed by atoms with Crippen LogP contribution in [0.1, 0.15) is 47.2 Å². The van der Waals surface area contributed by atoms with E-state index in [0.717, 1.165) is 45.2 Å². The molecule has 29 heavy (non-hydrogen) atoms. The molecule has 1 saturated heterocycles. The van der Waals surface area contributed by atoms with E-state index in [1.807, 2.05) is 0 Å². The number of benzene rings is 1. The Morgan fingerprint density at radius 2 is 1.79 bits per heavy atom. The van der Waals surface area contributed by atoms with E-state index >= 15 is 0 Å². The average molecular weight is 392 g/mol. The normalized spacial score (nSPS) is 21.1. The maximum absolute atomic E-state index is 4.73. The second kappa shape index (κ2) is 8.04. The van der Waals surface area contributed by atoms with Crippen LogP contribution in [0.5, 0.6) is 0 Å². The summed E-state index contributed by atoms with van der Waals surface area (Å²) in [6, 6.07) is 7.70. The lowest BCUT2D eigenvalue weighted by Gasteiger charge is -2.43. The van der Waals surface area contributed by atoms with E-state index in [4.69, 9.17) is 4.98 Å². The molecule has 1 saturated carbocycles. The molecule has 3 aliphatic rings. The SMILES string of the molecule is Cc1ccc(CN2CCc3c(ncnc3N3CCN(C4CCC4)CC3)C2)cc1C. The average Bonchev–Trinajstić information content (AvgIpc) is 2.70. The van der Waals surface area contributed by atoms with Gasteiger partial charge < -0.3 is 4.90 Å². The first-order valence-corrected chi connectivity index (χ1v) is 11.3. The van der Waals surface area contributed by atoms with Gasteiger partial charge in [0.2, 0.25) is 0 Å². The van der Waals surface area contributed by atoms with Crippen LogP contribution in [0.3, 0.4) is 0 Å². The van der Waals surface area contributed by atoms with Gasteiger partial charge in [0, 0.05) is 57.4 Å². The Bertz CT molecular complexity index is 868. The molecular weight excluding hydrogens is 358 g/mol. The number of rotatable bonds is 4. The van der Waals surface area contributed by atoms with E-state index in [1.165, 1.54) is 66.1 Å². The van der Waals surface area contributed by atoms with Gasteiger partial charge in [-0.1, -0.05) is 24.6 Å². The zero-order chi connectivity index (χ0) is 19.8. The van der Waals surface area contributed by atoms with Crippen LogP contribution in [-0.4, -0.2) is 58.5 Å². The van der Waals surface area contributed by atoms with Gasteiger partial charge in [-0.05, 0) is 49.8 Å². The van der Waals surface area contributed by atoms with E-state index < -0.39 is 0 Å². The molecule has 3 heterocycles. The van der Waals surface area contributed by atoms with Crippen LogP contribution in [0.25, 0.3) is 0 Å². The van der Waals surface area contributed by atoms with Crippen molar-refractivity contribution in [3.05, 3.63) is 52.5 Å². The highest BCUT2D eigenvalue weighted by molar-refractivity contribution is 5.50. The van der Waals surface area contributed by atoms with Gasteiger partial charge >= 0.3 is 0 Å². The molecule has 0 bridgehead atoms. The number of piperazine rings is 1. The molecule has 5 rings (SSSR count). The van der Waals surface area contributed by atoms with Gasteiger partial charge in [-0.3, -0.25) is 9.80 Å². The first-order valence-electron chi connectivity index (χ1n) is 11.3. The molecule has 2 aliphatic heterocycles. The van der Waals surface area contributed by atoms with Crippen LogP contribution >= 0.6 is 0 Å². The minimum absolute atomic E-state index is 0.857. The molecule has 0 radical (unpaired) electrons. The summed E-state index contributed by atoms with van der Waals surface area (Å²) in [6.45, 7) is 12.0. The van der Waals surface area contributed by atoms with Crippen molar-refractivity contribution in [2.45, 2.75) is 58.7 Å². The van der Waals surface area contributed by atoms with Gasteiger partial charge in [-0.15, -0.1) is 0 Å². The lowest BCUT2D eigenvalue weighted by Crippen LogP contribution is -2.52. The van der Waals surface area contributed by atoms with Crippen molar-refractivity contribution < 1.29 is 0 Å². The van der Waals surface area contributed by atoms with Gasteiger partial charge in [-0.2, -0.15) is 0 Å². The van der Waals surface area contributed by atoms with Crippen molar-refractivity contribution in [3.63, 3.8) is 0 Å². The predicted molar refractivity (Wildman–Crippen MR) is 117 cm³/mol. The first kappa shape index (κ1) is 19.0. The number of aromatic nitrogens is 2. The molecule has 0 unspecified atom stereocenters. The fraction of sp³-hybridized carbons (Fsp3) is 0.583. The van der Waals surface area contributed by atoms with Crippen LogP contribution in [0, 0.1) is 13.8 Å². The molecule has 2 aromatic rings. The predicted octanol–water partition coefficient (Wildman–Crippen LogP) is 3.33. The maximum Gasteiger partial charge on any atom is 0.135 e. The quantitative estimate of drug-likeness (QED) is 0.799. The molecule has 1 aromatic heterocycles. The number of fused-ring (bicyclic) bond motifs is 1. The summed E-state index contributed by atoms with van der Waals surface area (Å²) < 4.78 is 0. The largest absolute Gasteiger partial charge is 0.354 e. The Labute approximate surface area is 174 Å². The summed E-state index contributed by atoms with van der Waals surface area (Å²) >= 11 is 0. The summed E-state index contributed by atoms with van der Waals surface area (Å²) in [7, 11) is 0. The van der Waals surface area contributed by atoms with Gasteiger partial charge in [0.25, 0.3) is 0 Å². The van der Waals surface area contributed by atoms with Gasteiger partial charge in [-0.25, -0.2) is 9.97 Å². The molecule has 2 fully saturated rings. The summed E-state index contributed by atoms with van der Waals surface area (Å²) in [5, 5.41) is 0. The fourth-order valence-corrected chi connectivity index (χ4v) is 5.01. The van der Waals surface area contributed by atoms with Gasteiger partial charge in [0.1, 0.15) is 12.1 Å². The monoisotopic (exact) mass is 391 g/mol. The zero-order valence-corrected chi connectivity index (χ0v) is 17.9.